The Labute approximate surface area is 154 Å². The summed E-state index contributed by atoms with van der Waals surface area (Å²) in [5.41, 5.74) is 1.19. The third-order valence-corrected chi connectivity index (χ3v) is 5.69. The Balaban J connectivity index is 1.71. The number of piperidine rings is 1. The Hall–Kier alpha value is -1.73. The molecule has 0 bridgehead atoms. The average Bonchev–Trinajstić information content (AvgIpc) is 2.62. The van der Waals surface area contributed by atoms with Gasteiger partial charge in [-0.1, -0.05) is 13.3 Å². The predicted octanol–water partition coefficient (Wildman–Crippen LogP) is 2.90. The molecule has 3 rings (SSSR count). The van der Waals surface area contributed by atoms with Gasteiger partial charge in [0.2, 0.25) is 0 Å². The van der Waals surface area contributed by atoms with Crippen LogP contribution in [0.4, 0.5) is 15.8 Å². The second-order valence-corrected chi connectivity index (χ2v) is 7.50. The Kier molecular flexibility index (Phi) is 6.09. The van der Waals surface area contributed by atoms with Crippen LogP contribution in [0.3, 0.4) is 0 Å². The van der Waals surface area contributed by atoms with Gasteiger partial charge in [-0.3, -0.25) is 15.0 Å². The van der Waals surface area contributed by atoms with Gasteiger partial charge in [0.15, 0.2) is 5.82 Å². The SMILES string of the molecule is CCCc1cc([N+](=O)[O-])cc(F)c1N1CCC(N2CCN(C)CC2)CC1. The third kappa shape index (κ3) is 4.15. The van der Waals surface area contributed by atoms with Crippen molar-refractivity contribution in [2.45, 2.75) is 38.6 Å². The topological polar surface area (TPSA) is 52.9 Å². The number of halogens is 1. The average molecular weight is 364 g/mol. The van der Waals surface area contributed by atoms with Crippen LogP contribution in [0, 0.1) is 15.9 Å². The van der Waals surface area contributed by atoms with E-state index in [-0.39, 0.29) is 5.69 Å². The Bertz CT molecular complexity index is 639. The molecule has 2 saturated heterocycles. The summed E-state index contributed by atoms with van der Waals surface area (Å²) in [5, 5.41) is 11.1. The van der Waals surface area contributed by atoms with Gasteiger partial charge in [-0.2, -0.15) is 0 Å². The molecule has 1 aromatic carbocycles. The van der Waals surface area contributed by atoms with Crippen LogP contribution >= 0.6 is 0 Å². The number of nitrogens with zero attached hydrogens (tertiary/aromatic N) is 4. The third-order valence-electron chi connectivity index (χ3n) is 5.69. The van der Waals surface area contributed by atoms with E-state index in [1.165, 1.54) is 0 Å². The molecule has 144 valence electrons. The lowest BCUT2D eigenvalue weighted by Gasteiger charge is -2.43. The van der Waals surface area contributed by atoms with Crippen molar-refractivity contribution in [3.05, 3.63) is 33.6 Å². The van der Waals surface area contributed by atoms with Crippen LogP contribution in [-0.4, -0.2) is 67.1 Å². The molecule has 2 aliphatic rings. The summed E-state index contributed by atoms with van der Waals surface area (Å²) in [7, 11) is 2.16. The summed E-state index contributed by atoms with van der Waals surface area (Å²) in [5.74, 6) is -0.458. The molecule has 0 aromatic heterocycles. The molecule has 0 aliphatic carbocycles. The molecular weight excluding hydrogens is 335 g/mol. The molecule has 7 heteroatoms. The van der Waals surface area contributed by atoms with Crippen LogP contribution in [0.5, 0.6) is 0 Å². The first-order chi connectivity index (χ1) is 12.5. The maximum absolute atomic E-state index is 14.7. The number of anilines is 1. The Morgan fingerprint density at radius 3 is 2.38 bits per heavy atom. The van der Waals surface area contributed by atoms with Gasteiger partial charge in [0.05, 0.1) is 16.7 Å². The molecule has 0 spiro atoms. The molecule has 2 fully saturated rings. The second kappa shape index (κ2) is 8.31. The van der Waals surface area contributed by atoms with Crippen molar-refractivity contribution in [1.29, 1.82) is 0 Å². The van der Waals surface area contributed by atoms with Crippen molar-refractivity contribution in [2.75, 3.05) is 51.2 Å². The number of nitro benzene ring substituents is 1. The zero-order chi connectivity index (χ0) is 18.7. The van der Waals surface area contributed by atoms with Gasteiger partial charge < -0.3 is 9.80 Å². The molecule has 0 saturated carbocycles. The number of likely N-dealkylation sites (N-methyl/N-ethyl adjacent to an activating group) is 1. The summed E-state index contributed by atoms with van der Waals surface area (Å²) in [6, 6.07) is 3.19. The van der Waals surface area contributed by atoms with Crippen LogP contribution in [0.2, 0.25) is 0 Å². The maximum Gasteiger partial charge on any atom is 0.272 e. The van der Waals surface area contributed by atoms with E-state index in [0.29, 0.717) is 18.2 Å². The number of hydrogen-bond donors (Lipinski definition) is 0. The minimum Gasteiger partial charge on any atom is -0.369 e. The van der Waals surface area contributed by atoms with Crippen molar-refractivity contribution >= 4 is 11.4 Å². The lowest BCUT2D eigenvalue weighted by atomic mass is 9.99. The van der Waals surface area contributed by atoms with Gasteiger partial charge in [-0.25, -0.2) is 4.39 Å². The molecule has 1 aromatic rings. The summed E-state index contributed by atoms with van der Waals surface area (Å²) < 4.78 is 14.7. The predicted molar refractivity (Wildman–Crippen MR) is 101 cm³/mol. The van der Waals surface area contributed by atoms with Gasteiger partial charge in [0.1, 0.15) is 0 Å². The van der Waals surface area contributed by atoms with Crippen LogP contribution in [0.15, 0.2) is 12.1 Å². The second-order valence-electron chi connectivity index (χ2n) is 7.50. The van der Waals surface area contributed by atoms with Crippen LogP contribution < -0.4 is 4.90 Å². The van der Waals surface area contributed by atoms with Crippen LogP contribution in [-0.2, 0) is 6.42 Å². The van der Waals surface area contributed by atoms with E-state index < -0.39 is 10.7 Å². The summed E-state index contributed by atoms with van der Waals surface area (Å²) in [4.78, 5) is 17.6. The highest BCUT2D eigenvalue weighted by atomic mass is 19.1. The maximum atomic E-state index is 14.7. The number of aryl methyl sites for hydroxylation is 1. The largest absolute Gasteiger partial charge is 0.369 e. The molecule has 0 atom stereocenters. The highest BCUT2D eigenvalue weighted by Crippen LogP contribution is 2.33. The first-order valence-electron chi connectivity index (χ1n) is 9.64. The molecule has 0 N–H and O–H groups in total. The van der Waals surface area contributed by atoms with Crippen molar-refractivity contribution < 1.29 is 9.31 Å². The van der Waals surface area contributed by atoms with Crippen LogP contribution in [0.25, 0.3) is 0 Å². The van der Waals surface area contributed by atoms with Gasteiger partial charge >= 0.3 is 0 Å². The number of rotatable bonds is 5. The number of nitro groups is 1. The molecule has 0 amide bonds. The molecule has 0 radical (unpaired) electrons. The van der Waals surface area contributed by atoms with E-state index >= 15 is 0 Å². The van der Waals surface area contributed by atoms with E-state index in [4.69, 9.17) is 0 Å². The number of benzene rings is 1. The quantitative estimate of drug-likeness (QED) is 0.594. The molecule has 26 heavy (non-hydrogen) atoms. The van der Waals surface area contributed by atoms with Crippen molar-refractivity contribution in [3.63, 3.8) is 0 Å². The van der Waals surface area contributed by atoms with Crippen LogP contribution in [0.1, 0.15) is 31.7 Å². The fraction of sp³-hybridized carbons (Fsp3) is 0.684. The molecule has 2 aliphatic heterocycles. The number of piperazine rings is 1. The van der Waals surface area contributed by atoms with Crippen molar-refractivity contribution in [3.8, 4) is 0 Å². The molecule has 0 unspecified atom stereocenters. The van der Waals surface area contributed by atoms with E-state index in [0.717, 1.165) is 70.2 Å². The molecule has 2 heterocycles. The molecular formula is C19H29FN4O2. The van der Waals surface area contributed by atoms with Gasteiger partial charge in [0, 0.05) is 51.4 Å². The van der Waals surface area contributed by atoms with Crippen molar-refractivity contribution in [1.82, 2.24) is 9.80 Å². The summed E-state index contributed by atoms with van der Waals surface area (Å²) in [6.45, 7) is 8.06. The zero-order valence-corrected chi connectivity index (χ0v) is 15.8. The van der Waals surface area contributed by atoms with Crippen molar-refractivity contribution in [2.24, 2.45) is 0 Å². The van der Waals surface area contributed by atoms with Gasteiger partial charge in [0.25, 0.3) is 5.69 Å². The monoisotopic (exact) mass is 364 g/mol. The first kappa shape index (κ1) is 19.0. The standard InChI is InChI=1S/C19H29FN4O2/c1-3-4-15-13-17(24(25)26)14-18(20)19(15)23-7-5-16(6-8-23)22-11-9-21(2)10-12-22/h13-14,16H,3-12H2,1-2H3. The minimum atomic E-state index is -0.508. The lowest BCUT2D eigenvalue weighted by Crippen LogP contribution is -2.52. The van der Waals surface area contributed by atoms with E-state index in [1.807, 2.05) is 6.92 Å². The van der Waals surface area contributed by atoms with E-state index in [9.17, 15) is 14.5 Å². The first-order valence-corrected chi connectivity index (χ1v) is 9.64. The van der Waals surface area contributed by atoms with Gasteiger partial charge in [-0.05, 0) is 31.9 Å². The summed E-state index contributed by atoms with van der Waals surface area (Å²) >= 11 is 0. The zero-order valence-electron chi connectivity index (χ0n) is 15.8. The van der Waals surface area contributed by atoms with E-state index in [1.54, 1.807) is 6.07 Å². The Morgan fingerprint density at radius 2 is 1.81 bits per heavy atom. The normalized spacial score (nSPS) is 20.5. The fourth-order valence-corrected chi connectivity index (χ4v) is 4.20. The van der Waals surface area contributed by atoms with Gasteiger partial charge in [-0.15, -0.1) is 0 Å². The number of non-ortho nitro benzene ring substituents is 1. The highest BCUT2D eigenvalue weighted by Gasteiger charge is 2.29. The summed E-state index contributed by atoms with van der Waals surface area (Å²) in [6.07, 6.45) is 3.54. The highest BCUT2D eigenvalue weighted by molar-refractivity contribution is 5.59. The smallest absolute Gasteiger partial charge is 0.272 e. The minimum absolute atomic E-state index is 0.151. The fourth-order valence-electron chi connectivity index (χ4n) is 4.20. The lowest BCUT2D eigenvalue weighted by molar-refractivity contribution is -0.385. The Morgan fingerprint density at radius 1 is 1.15 bits per heavy atom. The van der Waals surface area contributed by atoms with E-state index in [2.05, 4.69) is 21.7 Å². The molecule has 6 nitrogen and oxygen atoms in total. The number of hydrogen-bond acceptors (Lipinski definition) is 5.